The Morgan fingerprint density at radius 1 is 1.75 bits per heavy atom. The molecule has 1 aliphatic rings. The summed E-state index contributed by atoms with van der Waals surface area (Å²) in [7, 11) is 1.94. The minimum absolute atomic E-state index is 0. The molecule has 0 aromatic carbocycles. The third-order valence-electron chi connectivity index (χ3n) is 1.10. The van der Waals surface area contributed by atoms with Crippen LogP contribution in [0.25, 0.3) is 0 Å². The van der Waals surface area contributed by atoms with Crippen molar-refractivity contribution in [2.24, 2.45) is 10.7 Å². The molecule has 2 N–H and O–H groups in total. The topological polar surface area (TPSA) is 41.6 Å². The molecule has 0 aromatic rings. The maximum absolute atomic E-state index is 5.35. The van der Waals surface area contributed by atoms with Crippen LogP contribution < -0.4 is 5.73 Å². The van der Waals surface area contributed by atoms with Gasteiger partial charge in [-0.05, 0) is 0 Å². The van der Waals surface area contributed by atoms with Crippen LogP contribution in [-0.4, -0.2) is 31.0 Å². The first-order chi connectivity index (χ1) is 3.30. The summed E-state index contributed by atoms with van der Waals surface area (Å²) in [5, 5.41) is 0. The minimum Gasteiger partial charge on any atom is -0.370 e. The molecule has 1 heterocycles. The van der Waals surface area contributed by atoms with Crippen LogP contribution in [0.3, 0.4) is 0 Å². The average molecular weight is 180 g/mol. The van der Waals surface area contributed by atoms with Gasteiger partial charge in [0.2, 0.25) is 0 Å². The zero-order valence-corrected chi connectivity index (χ0v) is 6.51. The van der Waals surface area contributed by atoms with E-state index in [1.54, 1.807) is 0 Å². The molecule has 1 aliphatic heterocycles. The van der Waals surface area contributed by atoms with Crippen molar-refractivity contribution in [2.45, 2.75) is 0 Å². The van der Waals surface area contributed by atoms with E-state index in [1.165, 1.54) is 0 Å². The average Bonchev–Trinajstić information content (AvgIpc) is 1.91. The van der Waals surface area contributed by atoms with E-state index < -0.39 is 0 Å². The monoisotopic (exact) mass is 179 g/mol. The molecule has 0 saturated heterocycles. The highest BCUT2D eigenvalue weighted by molar-refractivity contribution is 8.93. The van der Waals surface area contributed by atoms with E-state index in [2.05, 4.69) is 4.99 Å². The van der Waals surface area contributed by atoms with Crippen LogP contribution in [0.5, 0.6) is 0 Å². The second-order valence-corrected chi connectivity index (χ2v) is 1.66. The Bertz CT molecular complexity index is 101. The molecule has 4 heteroatoms. The van der Waals surface area contributed by atoms with Gasteiger partial charge >= 0.3 is 0 Å². The number of guanidine groups is 1. The maximum Gasteiger partial charge on any atom is 0.191 e. The van der Waals surface area contributed by atoms with Crippen LogP contribution in [0.4, 0.5) is 0 Å². The highest BCUT2D eigenvalue weighted by atomic mass is 79.9. The van der Waals surface area contributed by atoms with Gasteiger partial charge in [-0.25, -0.2) is 0 Å². The third-order valence-corrected chi connectivity index (χ3v) is 1.10. The molecule has 0 saturated carbocycles. The molecule has 0 fully saturated rings. The second-order valence-electron chi connectivity index (χ2n) is 1.66. The van der Waals surface area contributed by atoms with Crippen molar-refractivity contribution in [3.63, 3.8) is 0 Å². The van der Waals surface area contributed by atoms with Gasteiger partial charge in [0.1, 0.15) is 0 Å². The van der Waals surface area contributed by atoms with Crippen molar-refractivity contribution < 1.29 is 0 Å². The summed E-state index contributed by atoms with van der Waals surface area (Å²) in [6.07, 6.45) is 0. The van der Waals surface area contributed by atoms with Crippen LogP contribution in [-0.2, 0) is 0 Å². The van der Waals surface area contributed by atoms with Gasteiger partial charge in [-0.1, -0.05) is 0 Å². The van der Waals surface area contributed by atoms with Crippen LogP contribution in [0.2, 0.25) is 0 Å². The molecular formula is C4H10BrN3. The quantitative estimate of drug-likeness (QED) is 0.562. The molecule has 0 radical (unpaired) electrons. The van der Waals surface area contributed by atoms with Gasteiger partial charge < -0.3 is 10.6 Å². The first kappa shape index (κ1) is 7.75. The van der Waals surface area contributed by atoms with Gasteiger partial charge in [0.15, 0.2) is 5.96 Å². The molecule has 0 unspecified atom stereocenters. The summed E-state index contributed by atoms with van der Waals surface area (Å²) < 4.78 is 0. The number of hydrogen-bond donors (Lipinski definition) is 1. The summed E-state index contributed by atoms with van der Waals surface area (Å²) in [6.45, 7) is 1.84. The Labute approximate surface area is 59.3 Å². The Morgan fingerprint density at radius 2 is 2.38 bits per heavy atom. The number of halogens is 1. The van der Waals surface area contributed by atoms with Crippen LogP contribution in [0.1, 0.15) is 0 Å². The number of likely N-dealkylation sites (N-methyl/N-ethyl adjacent to an activating group) is 1. The van der Waals surface area contributed by atoms with E-state index in [-0.39, 0.29) is 17.0 Å². The first-order valence-corrected chi connectivity index (χ1v) is 2.32. The Morgan fingerprint density at radius 3 is 2.50 bits per heavy atom. The normalized spacial score (nSPS) is 17.6. The summed E-state index contributed by atoms with van der Waals surface area (Å²) >= 11 is 0. The van der Waals surface area contributed by atoms with Crippen molar-refractivity contribution in [3.05, 3.63) is 0 Å². The lowest BCUT2D eigenvalue weighted by atomic mass is 10.6. The summed E-state index contributed by atoms with van der Waals surface area (Å²) in [6, 6.07) is 0. The summed E-state index contributed by atoms with van der Waals surface area (Å²) in [4.78, 5) is 5.87. The van der Waals surface area contributed by atoms with E-state index in [1.807, 2.05) is 11.9 Å². The molecule has 0 spiro atoms. The summed E-state index contributed by atoms with van der Waals surface area (Å²) in [5.74, 6) is 0.667. The molecule has 1 rings (SSSR count). The molecule has 0 bridgehead atoms. The molecule has 3 nitrogen and oxygen atoms in total. The maximum atomic E-state index is 5.35. The van der Waals surface area contributed by atoms with Crippen LogP contribution in [0.15, 0.2) is 4.99 Å². The van der Waals surface area contributed by atoms with Crippen molar-refractivity contribution >= 4 is 22.9 Å². The number of rotatable bonds is 0. The molecule has 0 atom stereocenters. The lowest BCUT2D eigenvalue weighted by Crippen LogP contribution is -2.29. The van der Waals surface area contributed by atoms with Gasteiger partial charge in [0.05, 0.1) is 6.54 Å². The largest absolute Gasteiger partial charge is 0.370 e. The SMILES string of the molecule is Br.CN1CCN=C1N. The van der Waals surface area contributed by atoms with Crippen molar-refractivity contribution in [2.75, 3.05) is 20.1 Å². The van der Waals surface area contributed by atoms with Crippen molar-refractivity contribution in [3.8, 4) is 0 Å². The van der Waals surface area contributed by atoms with E-state index in [4.69, 9.17) is 5.73 Å². The van der Waals surface area contributed by atoms with Crippen molar-refractivity contribution in [1.29, 1.82) is 0 Å². The van der Waals surface area contributed by atoms with E-state index in [0.717, 1.165) is 13.1 Å². The predicted octanol–water partition coefficient (Wildman–Crippen LogP) is -0.176. The number of hydrogen-bond acceptors (Lipinski definition) is 3. The number of nitrogens with zero attached hydrogens (tertiary/aromatic N) is 2. The molecule has 0 aliphatic carbocycles. The van der Waals surface area contributed by atoms with Gasteiger partial charge in [-0.2, -0.15) is 0 Å². The molecular weight excluding hydrogens is 170 g/mol. The highest BCUT2D eigenvalue weighted by Gasteiger charge is 2.05. The lowest BCUT2D eigenvalue weighted by Gasteiger charge is -2.06. The highest BCUT2D eigenvalue weighted by Crippen LogP contribution is 1.90. The fraction of sp³-hybridized carbons (Fsp3) is 0.750. The zero-order valence-electron chi connectivity index (χ0n) is 4.79. The predicted molar refractivity (Wildman–Crippen MR) is 39.4 cm³/mol. The molecule has 48 valence electrons. The standard InChI is InChI=1S/C4H9N3.BrH/c1-7-3-2-6-4(7)5;/h2-3H2,1H3,(H2,5,6);1H. The summed E-state index contributed by atoms with van der Waals surface area (Å²) in [5.41, 5.74) is 5.35. The fourth-order valence-electron chi connectivity index (χ4n) is 0.550. The molecule has 8 heavy (non-hydrogen) atoms. The third kappa shape index (κ3) is 1.36. The molecule has 0 aromatic heterocycles. The Hall–Kier alpha value is -0.250. The van der Waals surface area contributed by atoms with E-state index in [9.17, 15) is 0 Å². The zero-order chi connectivity index (χ0) is 5.28. The van der Waals surface area contributed by atoms with Gasteiger partial charge in [-0.15, -0.1) is 17.0 Å². The smallest absolute Gasteiger partial charge is 0.191 e. The van der Waals surface area contributed by atoms with Gasteiger partial charge in [0, 0.05) is 13.6 Å². The fourth-order valence-corrected chi connectivity index (χ4v) is 0.550. The van der Waals surface area contributed by atoms with Gasteiger partial charge in [0.25, 0.3) is 0 Å². The Balaban J connectivity index is 0.000000490. The van der Waals surface area contributed by atoms with E-state index >= 15 is 0 Å². The van der Waals surface area contributed by atoms with E-state index in [0.29, 0.717) is 5.96 Å². The van der Waals surface area contributed by atoms with Gasteiger partial charge in [-0.3, -0.25) is 4.99 Å². The molecule has 0 amide bonds. The van der Waals surface area contributed by atoms with Crippen molar-refractivity contribution in [1.82, 2.24) is 4.90 Å². The Kier molecular flexibility index (Phi) is 2.82. The number of aliphatic imine (C=N–C) groups is 1. The minimum atomic E-state index is 0. The second kappa shape index (κ2) is 2.91. The van der Waals surface area contributed by atoms with Crippen LogP contribution >= 0.6 is 17.0 Å². The van der Waals surface area contributed by atoms with Crippen LogP contribution in [0, 0.1) is 0 Å². The number of nitrogens with two attached hydrogens (primary N) is 1. The lowest BCUT2D eigenvalue weighted by molar-refractivity contribution is 0.551. The first-order valence-electron chi connectivity index (χ1n) is 2.32.